The van der Waals surface area contributed by atoms with Crippen LogP contribution in [0.4, 0.5) is 0 Å². The maximum Gasteiger partial charge on any atom is 0.0537 e. The van der Waals surface area contributed by atoms with E-state index >= 15 is 0 Å². The van der Waals surface area contributed by atoms with Crippen molar-refractivity contribution in [1.82, 2.24) is 9.97 Å². The van der Waals surface area contributed by atoms with Gasteiger partial charge < -0.3 is 9.97 Å². The van der Waals surface area contributed by atoms with Gasteiger partial charge in [0.1, 0.15) is 0 Å². The van der Waals surface area contributed by atoms with Crippen LogP contribution in [-0.4, -0.2) is 24.2 Å². The Balaban J connectivity index is 1.24. The number of benzene rings is 2. The van der Waals surface area contributed by atoms with Gasteiger partial charge in [0.05, 0.1) is 9.16 Å². The Morgan fingerprint density at radius 3 is 1.82 bits per heavy atom. The standard InChI is InChI=1S/C22H22N2S4/c1-3-7-19-15(5-1)9-17(23-19)12-25-21(11-22-27-14-28-22)26-13-18-10-16-6-2-4-8-20(16)24-18/h1-10,21-24H,11-14H2. The highest BCUT2D eigenvalue weighted by Crippen LogP contribution is 2.46. The van der Waals surface area contributed by atoms with E-state index in [2.05, 4.69) is 118 Å². The molecule has 0 spiro atoms. The molecule has 144 valence electrons. The van der Waals surface area contributed by atoms with Crippen LogP contribution >= 0.6 is 47.0 Å². The minimum atomic E-state index is 0.614. The number of para-hydroxylation sites is 2. The highest BCUT2D eigenvalue weighted by Gasteiger charge is 2.24. The van der Waals surface area contributed by atoms with Gasteiger partial charge in [-0.2, -0.15) is 0 Å². The molecule has 0 amide bonds. The van der Waals surface area contributed by atoms with Crippen LogP contribution in [-0.2, 0) is 11.5 Å². The van der Waals surface area contributed by atoms with E-state index in [0.29, 0.717) is 4.58 Å². The summed E-state index contributed by atoms with van der Waals surface area (Å²) in [4.78, 5) is 7.15. The van der Waals surface area contributed by atoms with Gasteiger partial charge in [0.15, 0.2) is 0 Å². The summed E-state index contributed by atoms with van der Waals surface area (Å²) in [6.07, 6.45) is 1.27. The fraction of sp³-hybridized carbons (Fsp3) is 0.273. The third kappa shape index (κ3) is 4.40. The number of thioether (sulfide) groups is 4. The van der Waals surface area contributed by atoms with Gasteiger partial charge in [-0.1, -0.05) is 36.4 Å². The van der Waals surface area contributed by atoms with Gasteiger partial charge in [-0.3, -0.25) is 0 Å². The first-order valence-corrected chi connectivity index (χ1v) is 13.6. The van der Waals surface area contributed by atoms with E-state index < -0.39 is 0 Å². The quantitative estimate of drug-likeness (QED) is 0.280. The Kier molecular flexibility index (Phi) is 5.90. The molecule has 2 aromatic carbocycles. The van der Waals surface area contributed by atoms with Gasteiger partial charge in [-0.15, -0.1) is 47.0 Å². The molecule has 0 atom stereocenters. The molecule has 0 bridgehead atoms. The van der Waals surface area contributed by atoms with Crippen molar-refractivity contribution < 1.29 is 0 Å². The second kappa shape index (κ2) is 8.74. The molecular weight excluding hydrogens is 421 g/mol. The topological polar surface area (TPSA) is 31.6 Å². The molecule has 3 heterocycles. The molecule has 5 rings (SSSR count). The van der Waals surface area contributed by atoms with E-state index in [4.69, 9.17) is 0 Å². The molecule has 0 saturated carbocycles. The van der Waals surface area contributed by atoms with E-state index in [1.54, 1.807) is 0 Å². The lowest BCUT2D eigenvalue weighted by atomic mass is 10.2. The van der Waals surface area contributed by atoms with Crippen molar-refractivity contribution in [3.8, 4) is 0 Å². The zero-order chi connectivity index (χ0) is 18.8. The number of hydrogen-bond donors (Lipinski definition) is 2. The van der Waals surface area contributed by atoms with Crippen molar-refractivity contribution >= 4 is 68.9 Å². The molecule has 1 fully saturated rings. The molecule has 1 aliphatic rings. The minimum absolute atomic E-state index is 0.614. The zero-order valence-corrected chi connectivity index (χ0v) is 18.7. The SMILES string of the molecule is c1ccc2[nH]c(CSC(CC3SCS3)SCc3cc4ccccc4[nH]3)cc2c1. The van der Waals surface area contributed by atoms with E-state index in [-0.39, 0.29) is 0 Å². The summed E-state index contributed by atoms with van der Waals surface area (Å²) in [5, 5.41) is 3.88. The molecule has 2 nitrogen and oxygen atoms in total. The number of H-pyrrole nitrogens is 2. The summed E-state index contributed by atoms with van der Waals surface area (Å²) in [6, 6.07) is 21.7. The van der Waals surface area contributed by atoms with Crippen molar-refractivity contribution in [3.05, 3.63) is 72.1 Å². The van der Waals surface area contributed by atoms with E-state index in [1.807, 2.05) is 0 Å². The first-order chi connectivity index (χ1) is 13.8. The molecule has 1 aliphatic heterocycles. The second-order valence-corrected chi connectivity index (χ2v) is 12.7. The molecule has 6 heteroatoms. The lowest BCUT2D eigenvalue weighted by Crippen LogP contribution is -2.14. The average Bonchev–Trinajstić information content (AvgIpc) is 3.29. The number of aromatic amines is 2. The summed E-state index contributed by atoms with van der Waals surface area (Å²) in [7, 11) is 0. The smallest absolute Gasteiger partial charge is 0.0537 e. The third-order valence-corrected chi connectivity index (χ3v) is 10.8. The Morgan fingerprint density at radius 1 is 0.821 bits per heavy atom. The number of rotatable bonds is 8. The summed E-state index contributed by atoms with van der Waals surface area (Å²) in [5.41, 5.74) is 5.14. The lowest BCUT2D eigenvalue weighted by Gasteiger charge is -2.28. The maximum absolute atomic E-state index is 3.58. The Morgan fingerprint density at radius 2 is 1.36 bits per heavy atom. The van der Waals surface area contributed by atoms with Crippen molar-refractivity contribution in [3.63, 3.8) is 0 Å². The fourth-order valence-electron chi connectivity index (χ4n) is 3.43. The van der Waals surface area contributed by atoms with Crippen LogP contribution in [0.3, 0.4) is 0 Å². The highest BCUT2D eigenvalue weighted by atomic mass is 32.3. The zero-order valence-electron chi connectivity index (χ0n) is 15.4. The van der Waals surface area contributed by atoms with Gasteiger partial charge in [0.2, 0.25) is 0 Å². The lowest BCUT2D eigenvalue weighted by molar-refractivity contribution is 1.02. The second-order valence-electron chi connectivity index (χ2n) is 6.93. The van der Waals surface area contributed by atoms with Gasteiger partial charge >= 0.3 is 0 Å². The average molecular weight is 443 g/mol. The largest absolute Gasteiger partial charge is 0.358 e. The first-order valence-electron chi connectivity index (χ1n) is 9.43. The summed E-state index contributed by atoms with van der Waals surface area (Å²) < 4.78 is 1.39. The first kappa shape index (κ1) is 18.9. The van der Waals surface area contributed by atoms with Crippen molar-refractivity contribution in [2.45, 2.75) is 27.1 Å². The van der Waals surface area contributed by atoms with Crippen LogP contribution in [0.1, 0.15) is 17.8 Å². The molecule has 1 saturated heterocycles. The molecule has 0 aliphatic carbocycles. The van der Waals surface area contributed by atoms with Crippen LogP contribution in [0.2, 0.25) is 0 Å². The van der Waals surface area contributed by atoms with Crippen LogP contribution < -0.4 is 0 Å². The van der Waals surface area contributed by atoms with Gasteiger partial charge in [0, 0.05) is 39.0 Å². The summed E-state index contributed by atoms with van der Waals surface area (Å²) >= 11 is 8.38. The van der Waals surface area contributed by atoms with E-state index in [1.165, 1.54) is 44.7 Å². The molecule has 28 heavy (non-hydrogen) atoms. The number of fused-ring (bicyclic) bond motifs is 2. The van der Waals surface area contributed by atoms with Crippen molar-refractivity contribution in [1.29, 1.82) is 0 Å². The third-order valence-electron chi connectivity index (χ3n) is 4.91. The van der Waals surface area contributed by atoms with Crippen molar-refractivity contribution in [2.75, 3.05) is 5.08 Å². The van der Waals surface area contributed by atoms with Gasteiger partial charge in [-0.25, -0.2) is 0 Å². The summed E-state index contributed by atoms with van der Waals surface area (Å²) in [6.45, 7) is 0. The Bertz CT molecular complexity index is 922. The minimum Gasteiger partial charge on any atom is -0.358 e. The molecular formula is C22H22N2S4. The molecule has 0 unspecified atom stereocenters. The normalized spacial score (nSPS) is 14.9. The molecule has 2 N–H and O–H groups in total. The van der Waals surface area contributed by atoms with Gasteiger partial charge in [-0.05, 0) is 41.5 Å². The van der Waals surface area contributed by atoms with E-state index in [0.717, 1.165) is 16.1 Å². The number of aromatic nitrogens is 2. The van der Waals surface area contributed by atoms with Crippen LogP contribution in [0, 0.1) is 0 Å². The number of hydrogen-bond acceptors (Lipinski definition) is 4. The highest BCUT2D eigenvalue weighted by molar-refractivity contribution is 8.32. The van der Waals surface area contributed by atoms with E-state index in [9.17, 15) is 0 Å². The predicted octanol–water partition coefficient (Wildman–Crippen LogP) is 7.30. The summed E-state index contributed by atoms with van der Waals surface area (Å²) in [5.74, 6) is 2.09. The van der Waals surface area contributed by atoms with Crippen LogP contribution in [0.5, 0.6) is 0 Å². The Hall–Kier alpha value is -1.08. The molecule has 0 radical (unpaired) electrons. The van der Waals surface area contributed by atoms with Crippen LogP contribution in [0.15, 0.2) is 60.7 Å². The van der Waals surface area contributed by atoms with Crippen molar-refractivity contribution in [2.24, 2.45) is 0 Å². The maximum atomic E-state index is 3.58. The molecule has 4 aromatic rings. The predicted molar refractivity (Wildman–Crippen MR) is 131 cm³/mol. The number of nitrogens with one attached hydrogen (secondary N) is 2. The van der Waals surface area contributed by atoms with Gasteiger partial charge in [0.25, 0.3) is 0 Å². The fourth-order valence-corrected chi connectivity index (χ4v) is 8.38. The Labute approximate surface area is 182 Å². The monoisotopic (exact) mass is 442 g/mol. The molecule has 2 aromatic heterocycles. The van der Waals surface area contributed by atoms with Crippen LogP contribution in [0.25, 0.3) is 21.8 Å².